The van der Waals surface area contributed by atoms with Gasteiger partial charge < -0.3 is 14.8 Å². The summed E-state index contributed by atoms with van der Waals surface area (Å²) >= 11 is 1.55. The van der Waals surface area contributed by atoms with E-state index in [1.165, 1.54) is 0 Å². The van der Waals surface area contributed by atoms with E-state index < -0.39 is 0 Å². The summed E-state index contributed by atoms with van der Waals surface area (Å²) in [6.07, 6.45) is 5.64. The van der Waals surface area contributed by atoms with Crippen molar-refractivity contribution >= 4 is 23.4 Å². The van der Waals surface area contributed by atoms with Crippen LogP contribution in [0.5, 0.6) is 11.5 Å². The Morgan fingerprint density at radius 3 is 2.71 bits per heavy atom. The maximum Gasteiger partial charge on any atom is 0.255 e. The van der Waals surface area contributed by atoms with Gasteiger partial charge >= 0.3 is 0 Å². The van der Waals surface area contributed by atoms with Gasteiger partial charge in [0.2, 0.25) is 0 Å². The van der Waals surface area contributed by atoms with Gasteiger partial charge in [-0.15, -0.1) is 11.8 Å². The molecule has 6 heteroatoms. The lowest BCUT2D eigenvalue weighted by molar-refractivity contribution is 0.102. The zero-order valence-corrected chi connectivity index (χ0v) is 15.0. The van der Waals surface area contributed by atoms with E-state index in [1.54, 1.807) is 43.3 Å². The summed E-state index contributed by atoms with van der Waals surface area (Å²) in [6.45, 7) is 2.74. The number of amides is 1. The van der Waals surface area contributed by atoms with Gasteiger partial charge in [0.1, 0.15) is 0 Å². The van der Waals surface area contributed by atoms with Crippen molar-refractivity contribution < 1.29 is 14.3 Å². The van der Waals surface area contributed by atoms with Gasteiger partial charge in [-0.3, -0.25) is 4.79 Å². The van der Waals surface area contributed by atoms with Crippen LogP contribution in [0.25, 0.3) is 0 Å². The first-order valence-electron chi connectivity index (χ1n) is 7.80. The molecule has 0 unspecified atom stereocenters. The van der Waals surface area contributed by atoms with Crippen molar-refractivity contribution in [1.82, 2.24) is 4.98 Å². The number of hydrogen-bond donors (Lipinski definition) is 1. The van der Waals surface area contributed by atoms with E-state index in [0.29, 0.717) is 29.4 Å². The second kappa shape index (κ2) is 9.17. The lowest BCUT2D eigenvalue weighted by atomic mass is 10.2. The number of thioether (sulfide) groups is 1. The number of pyridine rings is 1. The molecule has 1 aromatic carbocycles. The number of aromatic nitrogens is 1. The molecular weight excluding hydrogens is 324 g/mol. The molecule has 0 bridgehead atoms. The lowest BCUT2D eigenvalue weighted by Crippen LogP contribution is -2.12. The summed E-state index contributed by atoms with van der Waals surface area (Å²) < 4.78 is 11.0. The maximum absolute atomic E-state index is 12.4. The first-order valence-corrected chi connectivity index (χ1v) is 9.02. The van der Waals surface area contributed by atoms with E-state index in [0.717, 1.165) is 17.9 Å². The van der Waals surface area contributed by atoms with E-state index in [2.05, 4.69) is 17.2 Å². The Morgan fingerprint density at radius 2 is 2.08 bits per heavy atom. The number of anilines is 1. The molecule has 5 nitrogen and oxygen atoms in total. The first kappa shape index (κ1) is 18.1. The molecule has 0 radical (unpaired) electrons. The fourth-order valence-corrected chi connectivity index (χ4v) is 2.40. The molecule has 0 aliphatic carbocycles. The van der Waals surface area contributed by atoms with E-state index in [-0.39, 0.29) is 5.91 Å². The average molecular weight is 346 g/mol. The minimum absolute atomic E-state index is 0.216. The van der Waals surface area contributed by atoms with Crippen molar-refractivity contribution in [2.45, 2.75) is 24.8 Å². The quantitative estimate of drug-likeness (QED) is 0.572. The molecule has 24 heavy (non-hydrogen) atoms. The first-order chi connectivity index (χ1) is 11.7. The number of nitrogens with one attached hydrogen (secondary N) is 1. The summed E-state index contributed by atoms with van der Waals surface area (Å²) in [5.74, 6) is 0.982. The van der Waals surface area contributed by atoms with Crippen LogP contribution in [0.3, 0.4) is 0 Å². The molecule has 0 saturated carbocycles. The Labute approximate surface area is 146 Å². The summed E-state index contributed by atoms with van der Waals surface area (Å²) in [6, 6.07) is 8.86. The van der Waals surface area contributed by atoms with Gasteiger partial charge in [0.25, 0.3) is 5.91 Å². The molecule has 2 rings (SSSR count). The Kier molecular flexibility index (Phi) is 6.93. The predicted molar refractivity (Wildman–Crippen MR) is 97.4 cm³/mol. The van der Waals surface area contributed by atoms with Crippen LogP contribution in [-0.4, -0.2) is 30.9 Å². The van der Waals surface area contributed by atoms with Crippen LogP contribution in [0.4, 0.5) is 5.69 Å². The van der Waals surface area contributed by atoms with E-state index in [1.807, 2.05) is 18.4 Å². The molecular formula is C18H22N2O3S. The summed E-state index contributed by atoms with van der Waals surface area (Å²) in [4.78, 5) is 16.6. The highest BCUT2D eigenvalue weighted by Gasteiger charge is 2.11. The molecule has 2 aromatic rings. The third-order valence-electron chi connectivity index (χ3n) is 3.38. The van der Waals surface area contributed by atoms with Crippen molar-refractivity contribution in [2.75, 3.05) is 25.3 Å². The largest absolute Gasteiger partial charge is 0.493 e. The van der Waals surface area contributed by atoms with Gasteiger partial charge in [0.05, 0.1) is 30.6 Å². The van der Waals surface area contributed by atoms with E-state index in [9.17, 15) is 4.79 Å². The molecule has 0 fully saturated rings. The molecule has 1 heterocycles. The number of ether oxygens (including phenoxy) is 2. The number of hydrogen-bond acceptors (Lipinski definition) is 5. The third-order valence-corrected chi connectivity index (χ3v) is 4.04. The third kappa shape index (κ3) is 4.89. The van der Waals surface area contributed by atoms with E-state index >= 15 is 0 Å². The van der Waals surface area contributed by atoms with Crippen LogP contribution < -0.4 is 14.8 Å². The van der Waals surface area contributed by atoms with Gasteiger partial charge in [-0.25, -0.2) is 4.98 Å². The highest BCUT2D eigenvalue weighted by molar-refractivity contribution is 7.98. The zero-order valence-electron chi connectivity index (χ0n) is 14.2. The number of methoxy groups -OCH3 is 1. The van der Waals surface area contributed by atoms with Crippen LogP contribution in [0.2, 0.25) is 0 Å². The smallest absolute Gasteiger partial charge is 0.255 e. The molecule has 0 aliphatic rings. The minimum Gasteiger partial charge on any atom is -0.493 e. The van der Waals surface area contributed by atoms with Gasteiger partial charge in [-0.1, -0.05) is 13.3 Å². The molecule has 128 valence electrons. The van der Waals surface area contributed by atoms with Gasteiger partial charge in [-0.05, 0) is 43.0 Å². The molecule has 1 amide bonds. The fourth-order valence-electron chi connectivity index (χ4n) is 2.03. The summed E-state index contributed by atoms with van der Waals surface area (Å²) in [5.41, 5.74) is 1.16. The van der Waals surface area contributed by atoms with Crippen LogP contribution >= 0.6 is 11.8 Å². The summed E-state index contributed by atoms with van der Waals surface area (Å²) in [7, 11) is 1.56. The van der Waals surface area contributed by atoms with Crippen molar-refractivity contribution in [3.8, 4) is 11.5 Å². The lowest BCUT2D eigenvalue weighted by Gasteiger charge is -2.12. The SMILES string of the molecule is CCCCOc1ccc(C(=O)Nc2ccc(SC)nc2)cc1OC. The molecule has 0 aliphatic heterocycles. The number of carbonyl (C=O) groups excluding carboxylic acids is 1. The number of nitrogens with zero attached hydrogens (tertiary/aromatic N) is 1. The second-order valence-corrected chi connectivity index (χ2v) is 5.94. The molecule has 0 atom stereocenters. The van der Waals surface area contributed by atoms with Crippen LogP contribution in [0.1, 0.15) is 30.1 Å². The van der Waals surface area contributed by atoms with Gasteiger partial charge in [-0.2, -0.15) is 0 Å². The Morgan fingerprint density at radius 1 is 1.25 bits per heavy atom. The van der Waals surface area contributed by atoms with Crippen molar-refractivity contribution in [2.24, 2.45) is 0 Å². The van der Waals surface area contributed by atoms with E-state index in [4.69, 9.17) is 9.47 Å². The highest BCUT2D eigenvalue weighted by Crippen LogP contribution is 2.28. The zero-order chi connectivity index (χ0) is 17.4. The minimum atomic E-state index is -0.216. The Balaban J connectivity index is 2.08. The topological polar surface area (TPSA) is 60.5 Å². The second-order valence-electron chi connectivity index (χ2n) is 5.11. The predicted octanol–water partition coefficient (Wildman–Crippen LogP) is 4.24. The van der Waals surface area contributed by atoms with Crippen LogP contribution in [0, 0.1) is 0 Å². The Hall–Kier alpha value is -2.21. The van der Waals surface area contributed by atoms with Crippen molar-refractivity contribution in [3.05, 3.63) is 42.1 Å². The standard InChI is InChI=1S/C18H22N2O3S/c1-4-5-10-23-15-8-6-13(11-16(15)22-2)18(21)20-14-7-9-17(24-3)19-12-14/h6-9,11-12H,4-5,10H2,1-3H3,(H,20,21). The number of carbonyl (C=O) groups is 1. The highest BCUT2D eigenvalue weighted by atomic mass is 32.2. The van der Waals surface area contributed by atoms with Gasteiger partial charge in [0, 0.05) is 5.56 Å². The molecule has 1 N–H and O–H groups in total. The Bertz CT molecular complexity index is 674. The number of rotatable bonds is 8. The van der Waals surface area contributed by atoms with Crippen LogP contribution in [-0.2, 0) is 0 Å². The number of benzene rings is 1. The monoisotopic (exact) mass is 346 g/mol. The van der Waals surface area contributed by atoms with Crippen molar-refractivity contribution in [3.63, 3.8) is 0 Å². The molecule has 0 spiro atoms. The van der Waals surface area contributed by atoms with Crippen molar-refractivity contribution in [1.29, 1.82) is 0 Å². The molecule has 0 saturated heterocycles. The molecule has 1 aromatic heterocycles. The average Bonchev–Trinajstić information content (AvgIpc) is 2.62. The fraction of sp³-hybridized carbons (Fsp3) is 0.333. The normalized spacial score (nSPS) is 10.3. The number of unbranched alkanes of at least 4 members (excludes halogenated alkanes) is 1. The maximum atomic E-state index is 12.4. The van der Waals surface area contributed by atoms with Gasteiger partial charge in [0.15, 0.2) is 11.5 Å². The van der Waals surface area contributed by atoms with Crippen LogP contribution in [0.15, 0.2) is 41.6 Å². The summed E-state index contributed by atoms with van der Waals surface area (Å²) in [5, 5.41) is 3.73.